The molecule has 1 aliphatic rings. The minimum Gasteiger partial charge on any atom is -0.497 e. The van der Waals surface area contributed by atoms with Crippen molar-refractivity contribution in [3.63, 3.8) is 0 Å². The van der Waals surface area contributed by atoms with Crippen LogP contribution in [0.4, 0.5) is 5.69 Å². The van der Waals surface area contributed by atoms with Crippen molar-refractivity contribution in [1.82, 2.24) is 20.4 Å². The van der Waals surface area contributed by atoms with E-state index in [1.54, 1.807) is 20.4 Å². The third-order valence-corrected chi connectivity index (χ3v) is 14.5. The fourth-order valence-electron chi connectivity index (χ4n) is 8.92. The van der Waals surface area contributed by atoms with Crippen molar-refractivity contribution < 1.29 is 9.47 Å². The van der Waals surface area contributed by atoms with Gasteiger partial charge in [-0.2, -0.15) is 20.7 Å². The van der Waals surface area contributed by atoms with Gasteiger partial charge in [0, 0.05) is 33.5 Å². The Hall–Kier alpha value is -7.74. The third kappa shape index (κ3) is 30.3. The van der Waals surface area contributed by atoms with Crippen LogP contribution in [-0.2, 0) is 39.0 Å². The highest BCUT2D eigenvalue weighted by molar-refractivity contribution is 6.06. The molecular formula is C81H118N8O2. The molecule has 0 bridgehead atoms. The highest BCUT2D eigenvalue weighted by atomic mass is 16.5. The second kappa shape index (κ2) is 35.8. The zero-order valence-electron chi connectivity index (χ0n) is 61.9. The number of benzene rings is 5. The lowest BCUT2D eigenvalue weighted by molar-refractivity contribution is 0.373. The number of aromatic amines is 2. The summed E-state index contributed by atoms with van der Waals surface area (Å²) in [4.78, 5) is 7.94. The Kier molecular flexibility index (Phi) is 31.9. The predicted octanol–water partition coefficient (Wildman–Crippen LogP) is 22.7. The van der Waals surface area contributed by atoms with Gasteiger partial charge in [0.05, 0.1) is 62.5 Å². The van der Waals surface area contributed by atoms with Crippen LogP contribution >= 0.6 is 0 Å². The topological polar surface area (TPSA) is 140 Å². The summed E-state index contributed by atoms with van der Waals surface area (Å²) in [5.74, 6) is 2.43. The molecule has 10 heteroatoms. The van der Waals surface area contributed by atoms with Crippen LogP contribution < -0.4 is 9.47 Å². The quantitative estimate of drug-likeness (QED) is 0.168. The van der Waals surface area contributed by atoms with E-state index in [0.29, 0.717) is 17.0 Å². The summed E-state index contributed by atoms with van der Waals surface area (Å²) in [7, 11) is 3.40. The van der Waals surface area contributed by atoms with Crippen LogP contribution in [0.5, 0.6) is 11.5 Å². The summed E-state index contributed by atoms with van der Waals surface area (Å²) in [6.07, 6.45) is 4.21. The molecule has 3 heterocycles. The van der Waals surface area contributed by atoms with Crippen molar-refractivity contribution in [2.24, 2.45) is 15.8 Å². The van der Waals surface area contributed by atoms with E-state index in [1.165, 1.54) is 57.6 Å². The van der Waals surface area contributed by atoms with Gasteiger partial charge in [0.2, 0.25) is 5.69 Å². The van der Waals surface area contributed by atoms with Crippen LogP contribution in [0.15, 0.2) is 139 Å². The molecule has 0 atom stereocenters. The normalized spacial score (nSPS) is 12.0. The van der Waals surface area contributed by atoms with Gasteiger partial charge >= 0.3 is 0 Å². The number of fused-ring (bicyclic) bond motifs is 1. The molecule has 7 aromatic rings. The number of ether oxygens (including phenoxy) is 2. The van der Waals surface area contributed by atoms with Crippen LogP contribution in [-0.4, -0.2) is 40.3 Å². The second-order valence-electron chi connectivity index (χ2n) is 31.8. The largest absolute Gasteiger partial charge is 0.497 e. The van der Waals surface area contributed by atoms with Crippen molar-refractivity contribution >= 4 is 11.4 Å². The van der Waals surface area contributed by atoms with Crippen molar-refractivity contribution in [3.05, 3.63) is 207 Å². The highest BCUT2D eigenvalue weighted by Crippen LogP contribution is 2.33. The fourth-order valence-corrected chi connectivity index (χ4v) is 8.92. The van der Waals surface area contributed by atoms with E-state index in [1.807, 2.05) is 72.8 Å². The number of methoxy groups -OCH3 is 2. The van der Waals surface area contributed by atoms with Gasteiger partial charge < -0.3 is 9.47 Å². The summed E-state index contributed by atoms with van der Waals surface area (Å²) in [5, 5.41) is 31.3. The first-order valence-corrected chi connectivity index (χ1v) is 32.2. The number of nitriles is 2. The molecule has 0 radical (unpaired) electrons. The van der Waals surface area contributed by atoms with E-state index in [0.717, 1.165) is 40.6 Å². The molecule has 91 heavy (non-hydrogen) atoms. The van der Waals surface area contributed by atoms with Crippen molar-refractivity contribution in [2.45, 2.75) is 245 Å². The molecular weight excluding hydrogens is 1120 g/mol. The molecule has 0 saturated heterocycles. The Morgan fingerprint density at radius 3 is 1.43 bits per heavy atom. The third-order valence-electron chi connectivity index (χ3n) is 14.5. The number of hydrogen-bond acceptors (Lipinski definition) is 7. The summed E-state index contributed by atoms with van der Waals surface area (Å²) >= 11 is 0. The lowest BCUT2D eigenvalue weighted by Crippen LogP contribution is -2.19. The Labute approximate surface area is 554 Å². The zero-order chi connectivity index (χ0) is 70.0. The molecule has 494 valence electrons. The van der Waals surface area contributed by atoms with E-state index >= 15 is 0 Å². The lowest BCUT2D eigenvalue weighted by Gasteiger charge is -2.21. The minimum atomic E-state index is -0.0175. The first-order valence-electron chi connectivity index (χ1n) is 32.2. The number of nitrogens with zero attached hydrogens (tertiary/aromatic N) is 6. The van der Waals surface area contributed by atoms with Crippen LogP contribution in [0.3, 0.4) is 0 Å². The fraction of sp³-hybridized carbons (Fsp3) is 0.506. The van der Waals surface area contributed by atoms with Gasteiger partial charge in [0.1, 0.15) is 11.5 Å². The van der Waals surface area contributed by atoms with Gasteiger partial charge in [-0.1, -0.05) is 272 Å². The maximum Gasteiger partial charge on any atom is 0.227 e. The van der Waals surface area contributed by atoms with Crippen LogP contribution in [0.1, 0.15) is 267 Å². The minimum absolute atomic E-state index is 0.0175. The predicted molar refractivity (Wildman–Crippen MR) is 389 cm³/mol. The molecule has 0 amide bonds. The summed E-state index contributed by atoms with van der Waals surface area (Å²) in [6, 6.07) is 46.8. The first kappa shape index (κ1) is 81.3. The number of rotatable bonds is 4. The Bertz CT molecular complexity index is 3390. The van der Waals surface area contributed by atoms with Crippen molar-refractivity contribution in [1.29, 1.82) is 10.5 Å². The maximum absolute atomic E-state index is 8.68. The standard InChI is InChI=1S/C12H15N.2C11H13N.2C11H16O.C10H18N2.C8H11N3.C7H16/c1-12(2,3)11-10-7-5-4-6-9(10)8-13-11;1-11(2,3)10-6-4-9(8-12)5-7-10;1-11(2,3)10-6-4-5-9(7-10)8-12;1-11(2,3)9-5-7-10(12-4)8-6-9;1-11(2,3)9-7-5-6-8-10(9)12-4;1-7(2)8-6-9(12-11-8)10(3,4)5;1-8(2,3)7-6(9-4)5-10-11-7;1-5-6-7(2,3)4/h4-7H,8H2,1-3H3;2*4-7H,1-3H3;2*5-8H,1-4H3;6-7H,1-5H3,(H,11,12);5H,1-3H3,(H,10,11);5-6H2,1-4H3. The SMILES string of the molecule is CC(C)(C)C1=NCc2ccccc21.CC(C)(C)c1ccc(C#N)cc1.CC(C)(C)c1cccc(C#N)c1.CC(C)c1cc(C(C)(C)C)n[nH]1.CCCC(C)(C)C.COc1ccc(C(C)(C)C)cc1.COc1ccccc1C(C)(C)C.[C-]#[N+]c1cn[nH]c1C(C)(C)C. The Morgan fingerprint density at radius 1 is 0.538 bits per heavy atom. The number of para-hydroxylation sites is 1. The first-order chi connectivity index (χ1) is 41.8. The van der Waals surface area contributed by atoms with E-state index in [2.05, 4.69) is 284 Å². The lowest BCUT2D eigenvalue weighted by atomic mass is 9.85. The number of aromatic nitrogens is 4. The number of aliphatic imine (C=N–C) groups is 1. The average Bonchev–Trinajstić information content (AvgIpc) is 1.71. The van der Waals surface area contributed by atoms with Crippen LogP contribution in [0.25, 0.3) is 4.85 Å². The maximum atomic E-state index is 8.68. The smallest absolute Gasteiger partial charge is 0.227 e. The molecule has 0 saturated carbocycles. The number of hydrogen-bond donors (Lipinski definition) is 2. The molecule has 1 aliphatic heterocycles. The monoisotopic (exact) mass is 1230 g/mol. The van der Waals surface area contributed by atoms with Gasteiger partial charge in [-0.3, -0.25) is 15.2 Å². The summed E-state index contributed by atoms with van der Waals surface area (Å²) in [6.45, 7) is 66.5. The zero-order valence-corrected chi connectivity index (χ0v) is 61.9. The van der Waals surface area contributed by atoms with Crippen molar-refractivity contribution in [2.75, 3.05) is 14.2 Å². The van der Waals surface area contributed by atoms with E-state index in [-0.39, 0.29) is 37.9 Å². The average molecular weight is 1240 g/mol. The van der Waals surface area contributed by atoms with Gasteiger partial charge in [0.25, 0.3) is 0 Å². The van der Waals surface area contributed by atoms with Crippen LogP contribution in [0.2, 0.25) is 0 Å². The molecule has 5 aromatic carbocycles. The van der Waals surface area contributed by atoms with Gasteiger partial charge in [-0.15, -0.1) is 0 Å². The van der Waals surface area contributed by atoms with Gasteiger partial charge in [-0.25, -0.2) is 4.85 Å². The highest BCUT2D eigenvalue weighted by Gasteiger charge is 2.26. The molecule has 8 rings (SSSR count). The van der Waals surface area contributed by atoms with Crippen LogP contribution in [0, 0.1) is 40.1 Å². The number of nitrogens with one attached hydrogen (secondary N) is 2. The number of H-pyrrole nitrogens is 2. The summed E-state index contributed by atoms with van der Waals surface area (Å²) < 4.78 is 10.4. The van der Waals surface area contributed by atoms with Gasteiger partial charge in [0.15, 0.2) is 0 Å². The van der Waals surface area contributed by atoms with Gasteiger partial charge in [-0.05, 0) is 121 Å². The second-order valence-corrected chi connectivity index (χ2v) is 31.8. The molecule has 0 unspecified atom stereocenters. The molecule has 0 aliphatic carbocycles. The molecule has 2 N–H and O–H groups in total. The van der Waals surface area contributed by atoms with Crippen molar-refractivity contribution in [3.8, 4) is 23.6 Å². The van der Waals surface area contributed by atoms with E-state index < -0.39 is 0 Å². The van der Waals surface area contributed by atoms with E-state index in [9.17, 15) is 0 Å². The Morgan fingerprint density at radius 2 is 1.05 bits per heavy atom. The molecule has 0 fully saturated rings. The Balaban J connectivity index is 0.000000522. The molecule has 2 aromatic heterocycles. The molecule has 10 nitrogen and oxygen atoms in total. The summed E-state index contributed by atoms with van der Waals surface area (Å²) in [5.41, 5.74) is 16.0. The van der Waals surface area contributed by atoms with E-state index in [4.69, 9.17) is 26.6 Å². The molecule has 0 spiro atoms.